The molecule has 1 aliphatic heterocycles. The largest absolute Gasteiger partial charge is 0.348 e. The number of hydrogen-bond acceptors (Lipinski definition) is 3. The second kappa shape index (κ2) is 7.95. The lowest BCUT2D eigenvalue weighted by atomic mass is 9.95. The molecule has 7 heteroatoms. The van der Waals surface area contributed by atoms with Crippen LogP contribution in [0.4, 0.5) is 0 Å². The first-order valence-corrected chi connectivity index (χ1v) is 11.6. The maximum Gasteiger partial charge on any atom is 0.241 e. The van der Waals surface area contributed by atoms with Crippen LogP contribution in [0.5, 0.6) is 0 Å². The Morgan fingerprint density at radius 3 is 2.24 bits per heavy atom. The molecule has 0 bridgehead atoms. The number of hydrogen-bond donors (Lipinski definition) is 1. The van der Waals surface area contributed by atoms with Crippen molar-refractivity contribution < 1.29 is 13.2 Å². The number of nitrogens with one attached hydrogen (secondary N) is 1. The Hall–Kier alpha value is -2.12. The molecule has 1 aliphatic rings. The van der Waals surface area contributed by atoms with Gasteiger partial charge in [-0.25, -0.2) is 13.1 Å². The van der Waals surface area contributed by atoms with Crippen LogP contribution in [0.15, 0.2) is 23.2 Å². The minimum Gasteiger partial charge on any atom is -0.348 e. The van der Waals surface area contributed by atoms with Crippen molar-refractivity contribution in [3.8, 4) is 0 Å². The molecule has 6 nitrogen and oxygen atoms in total. The van der Waals surface area contributed by atoms with Gasteiger partial charge in [0.2, 0.25) is 15.9 Å². The highest BCUT2D eigenvalue weighted by molar-refractivity contribution is 7.89. The van der Waals surface area contributed by atoms with Crippen molar-refractivity contribution in [2.24, 2.45) is 0 Å². The Bertz CT molecular complexity index is 1020. The highest BCUT2D eigenvalue weighted by Crippen LogP contribution is 2.29. The Kier molecular flexibility index (Phi) is 5.92. The zero-order valence-corrected chi connectivity index (χ0v) is 19.0. The van der Waals surface area contributed by atoms with E-state index in [0.717, 1.165) is 40.1 Å². The van der Waals surface area contributed by atoms with Crippen LogP contribution >= 0.6 is 0 Å². The molecule has 29 heavy (non-hydrogen) atoms. The van der Waals surface area contributed by atoms with Gasteiger partial charge in [0, 0.05) is 37.9 Å². The molecule has 1 aromatic carbocycles. The lowest BCUT2D eigenvalue weighted by Crippen LogP contribution is -2.42. The summed E-state index contributed by atoms with van der Waals surface area (Å²) >= 11 is 0. The molecule has 1 atom stereocenters. The van der Waals surface area contributed by atoms with E-state index in [1.807, 2.05) is 64.8 Å². The van der Waals surface area contributed by atoms with Crippen molar-refractivity contribution in [2.45, 2.75) is 65.4 Å². The molecule has 0 unspecified atom stereocenters. The van der Waals surface area contributed by atoms with Crippen molar-refractivity contribution >= 4 is 15.9 Å². The highest BCUT2D eigenvalue weighted by Gasteiger charge is 2.28. The predicted molar refractivity (Wildman–Crippen MR) is 114 cm³/mol. The van der Waals surface area contributed by atoms with Crippen molar-refractivity contribution in [3.05, 3.63) is 51.8 Å². The predicted octanol–water partition coefficient (Wildman–Crippen LogP) is 3.30. The number of sulfonamides is 1. The van der Waals surface area contributed by atoms with Crippen LogP contribution in [0.2, 0.25) is 0 Å². The molecule has 0 fully saturated rings. The van der Waals surface area contributed by atoms with Crippen molar-refractivity contribution in [2.75, 3.05) is 13.1 Å². The summed E-state index contributed by atoms with van der Waals surface area (Å²) in [6, 6.07) is 4.01. The average Bonchev–Trinajstić information content (AvgIpc) is 3.14. The van der Waals surface area contributed by atoms with Gasteiger partial charge in [0.1, 0.15) is 0 Å². The molecule has 2 heterocycles. The van der Waals surface area contributed by atoms with Crippen LogP contribution in [0.25, 0.3) is 0 Å². The lowest BCUT2D eigenvalue weighted by Gasteiger charge is -2.35. The number of nitrogens with zero attached hydrogens (tertiary/aromatic N) is 2. The lowest BCUT2D eigenvalue weighted by molar-refractivity contribution is -0.134. The third-order valence-electron chi connectivity index (χ3n) is 6.49. The zero-order valence-electron chi connectivity index (χ0n) is 18.2. The monoisotopic (exact) mass is 417 g/mol. The smallest absolute Gasteiger partial charge is 0.241 e. The number of fused-ring (bicyclic) bond motifs is 1. The Labute approximate surface area is 174 Å². The molecule has 0 radical (unpaired) electrons. The Balaban J connectivity index is 1.70. The number of aromatic nitrogens is 1. The molecule has 1 amide bonds. The Morgan fingerprint density at radius 1 is 1.03 bits per heavy atom. The van der Waals surface area contributed by atoms with E-state index in [-0.39, 0.29) is 24.9 Å². The SMILES string of the molecule is Cc1c(C)c(C)c(S(=O)(=O)NCCC(=O)N2CCn3cccc3[C@H]2C)c(C)c1C. The standard InChI is InChI=1S/C22H31N3O3S/c1-14-15(2)17(4)22(18(5)16(14)3)29(27,28)23-10-9-21(26)25-13-12-24-11-7-8-20(24)19(25)6/h7-8,11,19,23H,9-10,12-13H2,1-6H3/t19-/m1/s1. The fraction of sp³-hybridized carbons (Fsp3) is 0.500. The third kappa shape index (κ3) is 3.85. The second-order valence-corrected chi connectivity index (χ2v) is 9.70. The molecule has 3 rings (SSSR count). The second-order valence-electron chi connectivity index (χ2n) is 7.99. The number of carbonyl (C=O) groups excluding carboxylic acids is 1. The number of amides is 1. The molecule has 1 N–H and O–H groups in total. The van der Waals surface area contributed by atoms with E-state index in [4.69, 9.17) is 0 Å². The van der Waals surface area contributed by atoms with E-state index >= 15 is 0 Å². The van der Waals surface area contributed by atoms with Crippen LogP contribution in [-0.4, -0.2) is 36.9 Å². The number of rotatable bonds is 5. The van der Waals surface area contributed by atoms with E-state index in [1.165, 1.54) is 0 Å². The molecular weight excluding hydrogens is 386 g/mol. The summed E-state index contributed by atoms with van der Waals surface area (Å²) in [5.41, 5.74) is 5.77. The molecule has 0 spiro atoms. The van der Waals surface area contributed by atoms with Gasteiger partial charge in [-0.1, -0.05) is 0 Å². The van der Waals surface area contributed by atoms with Gasteiger partial charge in [0.05, 0.1) is 10.9 Å². The van der Waals surface area contributed by atoms with Gasteiger partial charge < -0.3 is 9.47 Å². The maximum absolute atomic E-state index is 13.0. The summed E-state index contributed by atoms with van der Waals surface area (Å²) in [4.78, 5) is 14.9. The Morgan fingerprint density at radius 2 is 1.62 bits per heavy atom. The summed E-state index contributed by atoms with van der Waals surface area (Å²) in [5, 5.41) is 0. The summed E-state index contributed by atoms with van der Waals surface area (Å²) in [6.45, 7) is 13.1. The quantitative estimate of drug-likeness (QED) is 0.811. The topological polar surface area (TPSA) is 71.4 Å². The van der Waals surface area contributed by atoms with Crippen LogP contribution in [-0.2, 0) is 21.4 Å². The van der Waals surface area contributed by atoms with E-state index in [0.29, 0.717) is 11.4 Å². The molecular formula is C22H31N3O3S. The van der Waals surface area contributed by atoms with Gasteiger partial charge in [-0.3, -0.25) is 4.79 Å². The normalized spacial score (nSPS) is 16.8. The van der Waals surface area contributed by atoms with Crippen LogP contribution < -0.4 is 4.72 Å². The first-order chi connectivity index (χ1) is 13.6. The summed E-state index contributed by atoms with van der Waals surface area (Å²) in [5.74, 6) is -0.0302. The molecule has 1 aromatic heterocycles. The molecule has 158 valence electrons. The fourth-order valence-electron chi connectivity index (χ4n) is 4.30. The number of benzene rings is 1. The van der Waals surface area contributed by atoms with Gasteiger partial charge in [-0.15, -0.1) is 0 Å². The summed E-state index contributed by atoms with van der Waals surface area (Å²) in [7, 11) is -3.69. The van der Waals surface area contributed by atoms with Gasteiger partial charge in [0.15, 0.2) is 0 Å². The third-order valence-corrected chi connectivity index (χ3v) is 8.23. The molecule has 0 saturated heterocycles. The van der Waals surface area contributed by atoms with Crippen LogP contribution in [0.3, 0.4) is 0 Å². The van der Waals surface area contributed by atoms with Gasteiger partial charge in [0.25, 0.3) is 0 Å². The van der Waals surface area contributed by atoms with E-state index in [9.17, 15) is 13.2 Å². The highest BCUT2D eigenvalue weighted by atomic mass is 32.2. The van der Waals surface area contributed by atoms with Crippen LogP contribution in [0, 0.1) is 34.6 Å². The van der Waals surface area contributed by atoms with Crippen molar-refractivity contribution in [3.63, 3.8) is 0 Å². The minimum absolute atomic E-state index is 0.00487. The molecule has 0 saturated carbocycles. The average molecular weight is 418 g/mol. The van der Waals surface area contributed by atoms with Crippen LogP contribution in [0.1, 0.15) is 52.9 Å². The van der Waals surface area contributed by atoms with Crippen molar-refractivity contribution in [1.29, 1.82) is 0 Å². The minimum atomic E-state index is -3.69. The molecule has 2 aromatic rings. The summed E-state index contributed by atoms with van der Waals surface area (Å²) < 4.78 is 30.8. The fourth-order valence-corrected chi connectivity index (χ4v) is 5.92. The van der Waals surface area contributed by atoms with Crippen molar-refractivity contribution in [1.82, 2.24) is 14.2 Å². The first-order valence-electron chi connectivity index (χ1n) is 10.1. The van der Waals surface area contributed by atoms with E-state index in [2.05, 4.69) is 9.29 Å². The summed E-state index contributed by atoms with van der Waals surface area (Å²) in [6.07, 6.45) is 2.17. The first kappa shape index (κ1) is 21.6. The zero-order chi connectivity index (χ0) is 21.5. The van der Waals surface area contributed by atoms with Gasteiger partial charge >= 0.3 is 0 Å². The van der Waals surface area contributed by atoms with Gasteiger partial charge in [-0.05, 0) is 81.5 Å². The van der Waals surface area contributed by atoms with Gasteiger partial charge in [-0.2, -0.15) is 0 Å². The molecule has 0 aliphatic carbocycles. The maximum atomic E-state index is 13.0. The number of carbonyl (C=O) groups is 1. The van der Waals surface area contributed by atoms with E-state index < -0.39 is 10.0 Å². The van der Waals surface area contributed by atoms with E-state index in [1.54, 1.807) is 0 Å².